The lowest BCUT2D eigenvalue weighted by Gasteiger charge is -2.36. The number of amides is 1. The van der Waals surface area contributed by atoms with Crippen LogP contribution in [0.3, 0.4) is 0 Å². The van der Waals surface area contributed by atoms with Gasteiger partial charge in [0, 0.05) is 36.9 Å². The predicted octanol–water partition coefficient (Wildman–Crippen LogP) is 3.10. The van der Waals surface area contributed by atoms with Gasteiger partial charge in [0.25, 0.3) is 0 Å². The Morgan fingerprint density at radius 1 is 1.29 bits per heavy atom. The van der Waals surface area contributed by atoms with Crippen molar-refractivity contribution in [3.05, 3.63) is 34.9 Å². The van der Waals surface area contributed by atoms with E-state index in [0.29, 0.717) is 18.1 Å². The van der Waals surface area contributed by atoms with Crippen LogP contribution < -0.4 is 0 Å². The van der Waals surface area contributed by atoms with Crippen molar-refractivity contribution in [3.8, 4) is 0 Å². The van der Waals surface area contributed by atoms with E-state index in [2.05, 4.69) is 0 Å². The summed E-state index contributed by atoms with van der Waals surface area (Å²) in [5.41, 5.74) is 1.15. The van der Waals surface area contributed by atoms with Crippen LogP contribution in [0.5, 0.6) is 0 Å². The van der Waals surface area contributed by atoms with E-state index in [9.17, 15) is 9.59 Å². The molecule has 0 radical (unpaired) electrons. The molecule has 0 bridgehead atoms. The first-order chi connectivity index (χ1) is 10.1. The van der Waals surface area contributed by atoms with E-state index in [1.807, 2.05) is 29.2 Å². The first-order valence-electron chi connectivity index (χ1n) is 7.60. The van der Waals surface area contributed by atoms with Gasteiger partial charge in [-0.25, -0.2) is 0 Å². The van der Waals surface area contributed by atoms with E-state index in [1.54, 1.807) is 6.92 Å². The molecule has 2 aliphatic rings. The van der Waals surface area contributed by atoms with Crippen molar-refractivity contribution in [3.63, 3.8) is 0 Å². The molecule has 1 saturated heterocycles. The molecule has 2 fully saturated rings. The molecule has 0 aromatic heterocycles. The van der Waals surface area contributed by atoms with Crippen LogP contribution in [0.2, 0.25) is 5.02 Å². The van der Waals surface area contributed by atoms with Crippen molar-refractivity contribution >= 4 is 23.3 Å². The largest absolute Gasteiger partial charge is 0.340 e. The third kappa shape index (κ3) is 2.84. The zero-order valence-corrected chi connectivity index (χ0v) is 13.0. The summed E-state index contributed by atoms with van der Waals surface area (Å²) in [6, 6.07) is 8.00. The van der Waals surface area contributed by atoms with Gasteiger partial charge in [0.2, 0.25) is 5.91 Å². The molecule has 0 N–H and O–H groups in total. The Bertz CT molecular complexity index is 554. The first-order valence-corrected chi connectivity index (χ1v) is 7.98. The Morgan fingerprint density at radius 2 is 2.00 bits per heavy atom. The Morgan fingerprint density at radius 3 is 2.67 bits per heavy atom. The SMILES string of the molecule is CC(=O)N1CC[C@@H]2[C@H]1CCC(=O)[C@@H]2Cc1ccc(Cl)cc1. The Hall–Kier alpha value is -1.35. The van der Waals surface area contributed by atoms with E-state index >= 15 is 0 Å². The first kappa shape index (κ1) is 14.6. The molecule has 3 nitrogen and oxygen atoms in total. The molecule has 3 atom stereocenters. The number of hydrogen-bond donors (Lipinski definition) is 0. The van der Waals surface area contributed by atoms with Crippen LogP contribution in [0.15, 0.2) is 24.3 Å². The molecule has 1 aromatic rings. The topological polar surface area (TPSA) is 37.4 Å². The van der Waals surface area contributed by atoms with Gasteiger partial charge in [-0.15, -0.1) is 0 Å². The van der Waals surface area contributed by atoms with E-state index in [-0.39, 0.29) is 17.9 Å². The molecule has 4 heteroatoms. The van der Waals surface area contributed by atoms with Gasteiger partial charge in [-0.1, -0.05) is 23.7 Å². The molecule has 0 unspecified atom stereocenters. The van der Waals surface area contributed by atoms with E-state index in [0.717, 1.165) is 36.4 Å². The summed E-state index contributed by atoms with van der Waals surface area (Å²) in [5, 5.41) is 0.718. The summed E-state index contributed by atoms with van der Waals surface area (Å²) < 4.78 is 0. The van der Waals surface area contributed by atoms with Gasteiger partial charge in [-0.2, -0.15) is 0 Å². The molecular formula is C17H20ClNO2. The lowest BCUT2D eigenvalue weighted by molar-refractivity contribution is -0.134. The molecule has 21 heavy (non-hydrogen) atoms. The highest BCUT2D eigenvalue weighted by molar-refractivity contribution is 6.30. The average molecular weight is 306 g/mol. The molecule has 1 saturated carbocycles. The molecule has 1 aliphatic heterocycles. The standard InChI is InChI=1S/C17H20ClNO2/c1-11(20)19-9-8-14-15(17(21)7-6-16(14)19)10-12-2-4-13(18)5-3-12/h2-5,14-16H,6-10H2,1H3/t14-,15+,16+/m0/s1. The van der Waals surface area contributed by atoms with Crippen molar-refractivity contribution in [1.29, 1.82) is 0 Å². The summed E-state index contributed by atoms with van der Waals surface area (Å²) in [5.74, 6) is 0.874. The van der Waals surface area contributed by atoms with Gasteiger partial charge in [-0.05, 0) is 42.9 Å². The summed E-state index contributed by atoms with van der Waals surface area (Å²) >= 11 is 5.92. The van der Waals surface area contributed by atoms with E-state index in [4.69, 9.17) is 11.6 Å². The number of ketones is 1. The predicted molar refractivity (Wildman–Crippen MR) is 82.2 cm³/mol. The summed E-state index contributed by atoms with van der Waals surface area (Å²) in [7, 11) is 0. The summed E-state index contributed by atoms with van der Waals surface area (Å²) in [6.45, 7) is 2.43. The number of nitrogens with zero attached hydrogens (tertiary/aromatic N) is 1. The lowest BCUT2D eigenvalue weighted by atomic mass is 9.72. The number of likely N-dealkylation sites (tertiary alicyclic amines) is 1. The van der Waals surface area contributed by atoms with Crippen LogP contribution in [-0.2, 0) is 16.0 Å². The number of hydrogen-bond acceptors (Lipinski definition) is 2. The second-order valence-electron chi connectivity index (χ2n) is 6.17. The molecule has 1 heterocycles. The molecule has 3 rings (SSSR count). The minimum absolute atomic E-state index is 0.0503. The second kappa shape index (κ2) is 5.80. The number of halogens is 1. The Balaban J connectivity index is 1.78. The van der Waals surface area contributed by atoms with Gasteiger partial charge < -0.3 is 4.90 Å². The van der Waals surface area contributed by atoms with Gasteiger partial charge in [0.15, 0.2) is 0 Å². The van der Waals surface area contributed by atoms with E-state index < -0.39 is 0 Å². The van der Waals surface area contributed by atoms with Crippen LogP contribution in [0.4, 0.5) is 0 Å². The van der Waals surface area contributed by atoms with Gasteiger partial charge in [0.05, 0.1) is 0 Å². The molecule has 1 aromatic carbocycles. The monoisotopic (exact) mass is 305 g/mol. The third-order valence-corrected chi connectivity index (χ3v) is 5.24. The maximum atomic E-state index is 12.4. The number of Topliss-reactive ketones (excluding diaryl/α,β-unsaturated/α-hetero) is 1. The van der Waals surface area contributed by atoms with Crippen molar-refractivity contribution in [2.24, 2.45) is 11.8 Å². The molecule has 112 valence electrons. The van der Waals surface area contributed by atoms with Gasteiger partial charge >= 0.3 is 0 Å². The maximum absolute atomic E-state index is 12.4. The van der Waals surface area contributed by atoms with Crippen molar-refractivity contribution < 1.29 is 9.59 Å². The molecule has 1 amide bonds. The van der Waals surface area contributed by atoms with Crippen molar-refractivity contribution in [1.82, 2.24) is 4.90 Å². The highest BCUT2D eigenvalue weighted by Crippen LogP contribution is 2.40. The highest BCUT2D eigenvalue weighted by atomic mass is 35.5. The fourth-order valence-electron chi connectivity index (χ4n) is 3.96. The van der Waals surface area contributed by atoms with Crippen LogP contribution in [0.1, 0.15) is 31.7 Å². The quantitative estimate of drug-likeness (QED) is 0.842. The third-order valence-electron chi connectivity index (χ3n) is 4.99. The highest BCUT2D eigenvalue weighted by Gasteiger charge is 2.45. The fourth-order valence-corrected chi connectivity index (χ4v) is 4.09. The van der Waals surface area contributed by atoms with Crippen LogP contribution in [0.25, 0.3) is 0 Å². The zero-order valence-electron chi connectivity index (χ0n) is 12.2. The van der Waals surface area contributed by atoms with Gasteiger partial charge in [-0.3, -0.25) is 9.59 Å². The molecular weight excluding hydrogens is 286 g/mol. The number of carbonyl (C=O) groups excluding carboxylic acids is 2. The smallest absolute Gasteiger partial charge is 0.219 e. The number of rotatable bonds is 2. The normalized spacial score (nSPS) is 28.6. The van der Waals surface area contributed by atoms with Crippen LogP contribution >= 0.6 is 11.6 Å². The van der Waals surface area contributed by atoms with Gasteiger partial charge in [0.1, 0.15) is 5.78 Å². The number of benzene rings is 1. The number of fused-ring (bicyclic) bond motifs is 1. The van der Waals surface area contributed by atoms with Crippen LogP contribution in [0, 0.1) is 11.8 Å². The lowest BCUT2D eigenvalue weighted by Crippen LogP contribution is -2.44. The fraction of sp³-hybridized carbons (Fsp3) is 0.529. The van der Waals surface area contributed by atoms with Crippen molar-refractivity contribution in [2.75, 3.05) is 6.54 Å². The molecule has 1 aliphatic carbocycles. The minimum Gasteiger partial charge on any atom is -0.340 e. The summed E-state index contributed by atoms with van der Waals surface area (Å²) in [4.78, 5) is 26.0. The summed E-state index contributed by atoms with van der Waals surface area (Å²) in [6.07, 6.45) is 3.15. The van der Waals surface area contributed by atoms with Crippen LogP contribution in [-0.4, -0.2) is 29.2 Å². The minimum atomic E-state index is 0.0503. The average Bonchev–Trinajstić information content (AvgIpc) is 2.88. The Kier molecular flexibility index (Phi) is 4.03. The zero-order chi connectivity index (χ0) is 15.0. The second-order valence-corrected chi connectivity index (χ2v) is 6.61. The van der Waals surface area contributed by atoms with E-state index in [1.165, 1.54) is 0 Å². The van der Waals surface area contributed by atoms with Crippen molar-refractivity contribution in [2.45, 2.75) is 38.6 Å². The maximum Gasteiger partial charge on any atom is 0.219 e. The molecule has 0 spiro atoms. The Labute approximate surface area is 130 Å². The number of carbonyl (C=O) groups is 2.